The van der Waals surface area contributed by atoms with E-state index in [-0.39, 0.29) is 29.9 Å². The molecule has 26 heavy (non-hydrogen) atoms. The maximum Gasteiger partial charge on any atom is 0.245 e. The number of hydrogen-bond acceptors (Lipinski definition) is 4. The molecule has 0 aliphatic carbocycles. The number of nitrogens with one attached hydrogen (secondary N) is 1. The molecule has 0 saturated carbocycles. The normalized spacial score (nSPS) is 15.5. The van der Waals surface area contributed by atoms with Crippen LogP contribution in [0.1, 0.15) is 47.5 Å². The highest BCUT2D eigenvalue weighted by molar-refractivity contribution is 5.97. The fourth-order valence-electron chi connectivity index (χ4n) is 3.53. The Balaban J connectivity index is 2.16. The minimum Gasteiger partial charge on any atom is -0.494 e. The van der Waals surface area contributed by atoms with E-state index in [0.717, 1.165) is 17.8 Å². The van der Waals surface area contributed by atoms with Crippen LogP contribution in [0, 0.1) is 0 Å². The highest BCUT2D eigenvalue weighted by Gasteiger charge is 2.27. The van der Waals surface area contributed by atoms with Crippen LogP contribution < -0.4 is 15.0 Å². The molecule has 1 heterocycles. The molecule has 1 saturated heterocycles. The van der Waals surface area contributed by atoms with Gasteiger partial charge in [0, 0.05) is 36.8 Å². The Labute approximate surface area is 156 Å². The summed E-state index contributed by atoms with van der Waals surface area (Å²) in [5, 5.41) is 3.26. The van der Waals surface area contributed by atoms with E-state index in [1.807, 2.05) is 57.7 Å². The number of anilines is 2. The number of ether oxygens (including phenoxy) is 1. The molecule has 1 aliphatic rings. The first kappa shape index (κ1) is 20.1. The fraction of sp³-hybridized carbons (Fsp3) is 0.600. The summed E-state index contributed by atoms with van der Waals surface area (Å²) >= 11 is 0. The lowest BCUT2D eigenvalue weighted by Gasteiger charge is -2.33. The Morgan fingerprint density at radius 1 is 1.19 bits per heavy atom. The van der Waals surface area contributed by atoms with Crippen LogP contribution in [0.4, 0.5) is 11.4 Å². The van der Waals surface area contributed by atoms with Gasteiger partial charge < -0.3 is 19.9 Å². The quantitative estimate of drug-likeness (QED) is 0.810. The monoisotopic (exact) mass is 361 g/mol. The molecule has 2 amide bonds. The van der Waals surface area contributed by atoms with Crippen molar-refractivity contribution in [2.24, 2.45) is 0 Å². The summed E-state index contributed by atoms with van der Waals surface area (Å²) in [6.07, 6.45) is 1.45. The summed E-state index contributed by atoms with van der Waals surface area (Å²) in [6, 6.07) is 5.55. The molecular weight excluding hydrogens is 330 g/mol. The lowest BCUT2D eigenvalue weighted by molar-refractivity contribution is -0.135. The first-order valence-corrected chi connectivity index (χ1v) is 9.33. The maximum absolute atomic E-state index is 12.8. The lowest BCUT2D eigenvalue weighted by Crippen LogP contribution is -2.48. The average Bonchev–Trinajstić information content (AvgIpc) is 2.99. The van der Waals surface area contributed by atoms with E-state index in [1.165, 1.54) is 0 Å². The molecule has 0 unspecified atom stereocenters. The molecule has 0 radical (unpaired) electrons. The van der Waals surface area contributed by atoms with E-state index in [2.05, 4.69) is 5.32 Å². The van der Waals surface area contributed by atoms with E-state index < -0.39 is 0 Å². The van der Waals surface area contributed by atoms with Crippen molar-refractivity contribution >= 4 is 23.2 Å². The van der Waals surface area contributed by atoms with Gasteiger partial charge in [-0.2, -0.15) is 0 Å². The number of rotatable bonds is 7. The molecule has 6 nitrogen and oxygen atoms in total. The Kier molecular flexibility index (Phi) is 6.51. The first-order chi connectivity index (χ1) is 12.3. The zero-order valence-corrected chi connectivity index (χ0v) is 16.7. The maximum atomic E-state index is 12.8. The largest absolute Gasteiger partial charge is 0.494 e. The number of methoxy groups -OCH3 is 1. The summed E-state index contributed by atoms with van der Waals surface area (Å²) in [5.74, 6) is 0.819. The number of amides is 2. The van der Waals surface area contributed by atoms with Gasteiger partial charge in [-0.25, -0.2) is 0 Å². The SMILES string of the molecule is COc1cc(N[C@@H](C)C(=O)N(C(C)C)C(C)C)ccc1N1CCCC1=O. The van der Waals surface area contributed by atoms with Crippen molar-refractivity contribution in [2.75, 3.05) is 23.9 Å². The van der Waals surface area contributed by atoms with Crippen LogP contribution in [-0.2, 0) is 9.59 Å². The Morgan fingerprint density at radius 3 is 2.35 bits per heavy atom. The minimum atomic E-state index is -0.358. The number of hydrogen-bond donors (Lipinski definition) is 1. The number of carbonyl (C=O) groups excluding carboxylic acids is 2. The predicted octanol–water partition coefficient (Wildman–Crippen LogP) is 3.27. The van der Waals surface area contributed by atoms with Crippen LogP contribution in [0.15, 0.2) is 18.2 Å². The molecule has 1 fully saturated rings. The van der Waals surface area contributed by atoms with Gasteiger partial charge in [-0.1, -0.05) is 0 Å². The van der Waals surface area contributed by atoms with Crippen LogP contribution in [0.25, 0.3) is 0 Å². The Morgan fingerprint density at radius 2 is 1.85 bits per heavy atom. The highest BCUT2D eigenvalue weighted by atomic mass is 16.5. The van der Waals surface area contributed by atoms with Crippen molar-refractivity contribution in [3.63, 3.8) is 0 Å². The van der Waals surface area contributed by atoms with E-state index >= 15 is 0 Å². The van der Waals surface area contributed by atoms with Gasteiger partial charge in [0.15, 0.2) is 0 Å². The zero-order chi connectivity index (χ0) is 19.4. The van der Waals surface area contributed by atoms with E-state index in [0.29, 0.717) is 18.7 Å². The molecule has 1 aromatic carbocycles. The Bertz CT molecular complexity index is 650. The molecule has 0 bridgehead atoms. The van der Waals surface area contributed by atoms with Crippen molar-refractivity contribution in [1.29, 1.82) is 0 Å². The third-order valence-corrected chi connectivity index (χ3v) is 4.66. The molecule has 6 heteroatoms. The number of carbonyl (C=O) groups is 2. The van der Waals surface area contributed by atoms with Gasteiger partial charge in [0.1, 0.15) is 11.8 Å². The third kappa shape index (κ3) is 4.29. The van der Waals surface area contributed by atoms with E-state index in [9.17, 15) is 9.59 Å². The summed E-state index contributed by atoms with van der Waals surface area (Å²) < 4.78 is 5.48. The second kappa shape index (κ2) is 8.43. The summed E-state index contributed by atoms with van der Waals surface area (Å²) in [7, 11) is 1.59. The smallest absolute Gasteiger partial charge is 0.245 e. The zero-order valence-electron chi connectivity index (χ0n) is 16.7. The third-order valence-electron chi connectivity index (χ3n) is 4.66. The van der Waals surface area contributed by atoms with Crippen LogP contribution in [0.2, 0.25) is 0 Å². The van der Waals surface area contributed by atoms with Crippen molar-refractivity contribution in [1.82, 2.24) is 4.90 Å². The Hall–Kier alpha value is -2.24. The van der Waals surface area contributed by atoms with Crippen molar-refractivity contribution in [2.45, 2.75) is 65.6 Å². The lowest BCUT2D eigenvalue weighted by atomic mass is 10.1. The molecule has 1 aliphatic heterocycles. The summed E-state index contributed by atoms with van der Waals surface area (Å²) in [5.41, 5.74) is 1.58. The van der Waals surface area contributed by atoms with Crippen molar-refractivity contribution < 1.29 is 14.3 Å². The van der Waals surface area contributed by atoms with Gasteiger partial charge in [0.05, 0.1) is 12.8 Å². The van der Waals surface area contributed by atoms with Gasteiger partial charge in [0.2, 0.25) is 11.8 Å². The second-order valence-corrected chi connectivity index (χ2v) is 7.33. The topological polar surface area (TPSA) is 61.9 Å². The predicted molar refractivity (Wildman–Crippen MR) is 105 cm³/mol. The van der Waals surface area contributed by atoms with Gasteiger partial charge in [-0.3, -0.25) is 9.59 Å². The molecule has 2 rings (SSSR count). The van der Waals surface area contributed by atoms with E-state index in [1.54, 1.807) is 12.0 Å². The second-order valence-electron chi connectivity index (χ2n) is 7.33. The average molecular weight is 361 g/mol. The van der Waals surface area contributed by atoms with Crippen LogP contribution in [0.5, 0.6) is 5.75 Å². The molecule has 144 valence electrons. The molecule has 1 aromatic rings. The first-order valence-electron chi connectivity index (χ1n) is 9.33. The standard InChI is InChI=1S/C20H31N3O3/c1-13(2)23(14(3)4)20(25)15(5)21-16-9-10-17(18(12-16)26-6)22-11-7-8-19(22)24/h9-10,12-15,21H,7-8,11H2,1-6H3/t15-/m0/s1. The van der Waals surface area contributed by atoms with Crippen LogP contribution in [-0.4, -0.2) is 48.5 Å². The van der Waals surface area contributed by atoms with Gasteiger partial charge in [-0.05, 0) is 53.2 Å². The highest BCUT2D eigenvalue weighted by Crippen LogP contribution is 2.34. The van der Waals surface area contributed by atoms with Crippen LogP contribution >= 0.6 is 0 Å². The van der Waals surface area contributed by atoms with E-state index in [4.69, 9.17) is 4.74 Å². The molecular formula is C20H31N3O3. The molecule has 1 N–H and O–H groups in total. The van der Waals surface area contributed by atoms with Gasteiger partial charge in [0.25, 0.3) is 0 Å². The van der Waals surface area contributed by atoms with Crippen molar-refractivity contribution in [3.8, 4) is 5.75 Å². The van der Waals surface area contributed by atoms with Crippen molar-refractivity contribution in [3.05, 3.63) is 18.2 Å². The minimum absolute atomic E-state index is 0.0627. The number of nitrogens with zero attached hydrogens (tertiary/aromatic N) is 2. The van der Waals surface area contributed by atoms with Gasteiger partial charge in [-0.15, -0.1) is 0 Å². The molecule has 1 atom stereocenters. The summed E-state index contributed by atoms with van der Waals surface area (Å²) in [4.78, 5) is 28.4. The van der Waals surface area contributed by atoms with Gasteiger partial charge >= 0.3 is 0 Å². The number of benzene rings is 1. The molecule has 0 aromatic heterocycles. The molecule has 0 spiro atoms. The fourth-order valence-corrected chi connectivity index (χ4v) is 3.53. The summed E-state index contributed by atoms with van der Waals surface area (Å²) in [6.45, 7) is 10.7. The van der Waals surface area contributed by atoms with Crippen LogP contribution in [0.3, 0.4) is 0 Å².